The monoisotopic (exact) mass is 280 g/mol. The highest BCUT2D eigenvalue weighted by Gasteiger charge is 2.07. The van der Waals surface area contributed by atoms with Crippen LogP contribution in [-0.4, -0.2) is 14.8 Å². The minimum atomic E-state index is 0.322. The SMILES string of the molecule is Cc1cc(CN)ccc1Oc1ncn(-c2ccccc2)n1. The molecule has 0 aliphatic heterocycles. The highest BCUT2D eigenvalue weighted by Crippen LogP contribution is 2.23. The Morgan fingerprint density at radius 1 is 1.14 bits per heavy atom. The van der Waals surface area contributed by atoms with Crippen LogP contribution < -0.4 is 10.5 Å². The number of ether oxygens (including phenoxy) is 1. The molecule has 0 spiro atoms. The molecule has 0 unspecified atom stereocenters. The van der Waals surface area contributed by atoms with Gasteiger partial charge in [0.05, 0.1) is 5.69 Å². The van der Waals surface area contributed by atoms with Gasteiger partial charge in [0.25, 0.3) is 0 Å². The topological polar surface area (TPSA) is 66.0 Å². The van der Waals surface area contributed by atoms with Crippen LogP contribution in [0.1, 0.15) is 11.1 Å². The van der Waals surface area contributed by atoms with Gasteiger partial charge < -0.3 is 10.5 Å². The molecule has 5 nitrogen and oxygen atoms in total. The molecule has 0 atom stereocenters. The summed E-state index contributed by atoms with van der Waals surface area (Å²) < 4.78 is 7.41. The highest BCUT2D eigenvalue weighted by atomic mass is 16.5. The number of hydrogen-bond donors (Lipinski definition) is 1. The Hall–Kier alpha value is -2.66. The zero-order valence-electron chi connectivity index (χ0n) is 11.7. The summed E-state index contributed by atoms with van der Waals surface area (Å²) in [5.41, 5.74) is 8.64. The lowest BCUT2D eigenvalue weighted by Crippen LogP contribution is -1.98. The van der Waals surface area contributed by atoms with Crippen molar-refractivity contribution >= 4 is 0 Å². The predicted molar refractivity (Wildman–Crippen MR) is 80.5 cm³/mol. The van der Waals surface area contributed by atoms with Crippen LogP contribution in [0.4, 0.5) is 0 Å². The first-order valence-corrected chi connectivity index (χ1v) is 6.71. The molecule has 0 saturated carbocycles. The van der Waals surface area contributed by atoms with Crippen molar-refractivity contribution in [1.29, 1.82) is 0 Å². The van der Waals surface area contributed by atoms with E-state index in [1.54, 1.807) is 11.0 Å². The maximum absolute atomic E-state index is 5.73. The Labute approximate surface area is 123 Å². The highest BCUT2D eigenvalue weighted by molar-refractivity contribution is 5.37. The molecule has 0 aliphatic carbocycles. The van der Waals surface area contributed by atoms with E-state index in [0.29, 0.717) is 12.6 Å². The average molecular weight is 280 g/mol. The number of nitrogens with zero attached hydrogens (tertiary/aromatic N) is 3. The summed E-state index contributed by atoms with van der Waals surface area (Å²) in [6, 6.07) is 15.9. The molecule has 2 N–H and O–H groups in total. The van der Waals surface area contributed by atoms with Crippen LogP contribution in [-0.2, 0) is 6.54 Å². The van der Waals surface area contributed by atoms with Gasteiger partial charge in [-0.25, -0.2) is 4.68 Å². The van der Waals surface area contributed by atoms with Crippen LogP contribution in [0.2, 0.25) is 0 Å². The van der Waals surface area contributed by atoms with Crippen molar-refractivity contribution in [3.63, 3.8) is 0 Å². The molecule has 0 aliphatic rings. The first-order chi connectivity index (χ1) is 10.3. The van der Waals surface area contributed by atoms with E-state index in [4.69, 9.17) is 10.5 Å². The summed E-state index contributed by atoms with van der Waals surface area (Å²) in [7, 11) is 0. The van der Waals surface area contributed by atoms with Crippen LogP contribution in [0.3, 0.4) is 0 Å². The van der Waals surface area contributed by atoms with Crippen LogP contribution in [0, 0.1) is 6.92 Å². The van der Waals surface area contributed by atoms with Gasteiger partial charge in [0, 0.05) is 6.54 Å². The molecule has 0 bridgehead atoms. The van der Waals surface area contributed by atoms with E-state index in [9.17, 15) is 0 Å². The second-order valence-electron chi connectivity index (χ2n) is 4.71. The Balaban J connectivity index is 1.82. The second kappa shape index (κ2) is 5.76. The van der Waals surface area contributed by atoms with Gasteiger partial charge in [0.15, 0.2) is 0 Å². The molecule has 1 aromatic heterocycles. The van der Waals surface area contributed by atoms with Crippen molar-refractivity contribution in [2.45, 2.75) is 13.5 Å². The smallest absolute Gasteiger partial charge is 0.341 e. The number of para-hydroxylation sites is 1. The Morgan fingerprint density at radius 3 is 2.67 bits per heavy atom. The fraction of sp³-hybridized carbons (Fsp3) is 0.125. The third-order valence-corrected chi connectivity index (χ3v) is 3.17. The minimum Gasteiger partial charge on any atom is -0.423 e. The molecule has 0 radical (unpaired) electrons. The first-order valence-electron chi connectivity index (χ1n) is 6.71. The number of hydrogen-bond acceptors (Lipinski definition) is 4. The minimum absolute atomic E-state index is 0.322. The van der Waals surface area contributed by atoms with Crippen molar-refractivity contribution in [2.75, 3.05) is 0 Å². The lowest BCUT2D eigenvalue weighted by molar-refractivity contribution is 0.438. The molecule has 1 heterocycles. The molecule has 3 aromatic rings. The number of benzene rings is 2. The zero-order valence-corrected chi connectivity index (χ0v) is 11.7. The van der Waals surface area contributed by atoms with E-state index in [-0.39, 0.29) is 0 Å². The molecule has 106 valence electrons. The Kier molecular flexibility index (Phi) is 3.66. The predicted octanol–water partition coefficient (Wildman–Crippen LogP) is 2.83. The molecule has 21 heavy (non-hydrogen) atoms. The molecule has 0 amide bonds. The molecule has 3 rings (SSSR count). The number of aryl methyl sites for hydroxylation is 1. The van der Waals surface area contributed by atoms with Crippen molar-refractivity contribution in [1.82, 2.24) is 14.8 Å². The summed E-state index contributed by atoms with van der Waals surface area (Å²) in [6.45, 7) is 2.49. The molecule has 0 saturated heterocycles. The fourth-order valence-corrected chi connectivity index (χ4v) is 2.05. The van der Waals surface area contributed by atoms with Crippen molar-refractivity contribution < 1.29 is 4.74 Å². The fourth-order valence-electron chi connectivity index (χ4n) is 2.05. The summed E-state index contributed by atoms with van der Waals surface area (Å²) in [6.07, 6.45) is 1.63. The Bertz CT molecular complexity index is 737. The molecule has 5 heteroatoms. The third kappa shape index (κ3) is 2.93. The third-order valence-electron chi connectivity index (χ3n) is 3.17. The summed E-state index contributed by atoms with van der Waals surface area (Å²) in [5, 5.41) is 4.32. The standard InChI is InChI=1S/C16H16N4O/c1-12-9-13(10-17)7-8-15(12)21-16-18-11-20(19-16)14-5-3-2-4-6-14/h2-9,11H,10,17H2,1H3. The van der Waals surface area contributed by atoms with Crippen molar-refractivity contribution in [3.05, 3.63) is 66.0 Å². The van der Waals surface area contributed by atoms with Gasteiger partial charge in [-0.3, -0.25) is 0 Å². The summed E-state index contributed by atoms with van der Waals surface area (Å²) in [4.78, 5) is 4.18. The van der Waals surface area contributed by atoms with Crippen molar-refractivity contribution in [3.8, 4) is 17.4 Å². The van der Waals surface area contributed by atoms with Gasteiger partial charge in [-0.15, -0.1) is 5.10 Å². The molecule has 2 aromatic carbocycles. The largest absolute Gasteiger partial charge is 0.423 e. The van der Waals surface area contributed by atoms with Gasteiger partial charge in [0.1, 0.15) is 12.1 Å². The van der Waals surface area contributed by atoms with E-state index in [0.717, 1.165) is 22.6 Å². The second-order valence-corrected chi connectivity index (χ2v) is 4.71. The van der Waals surface area contributed by atoms with E-state index < -0.39 is 0 Å². The lowest BCUT2D eigenvalue weighted by atomic mass is 10.1. The van der Waals surface area contributed by atoms with E-state index in [1.807, 2.05) is 55.5 Å². The van der Waals surface area contributed by atoms with Crippen molar-refractivity contribution in [2.24, 2.45) is 5.73 Å². The van der Waals surface area contributed by atoms with Gasteiger partial charge in [-0.05, 0) is 36.2 Å². The Morgan fingerprint density at radius 2 is 1.95 bits per heavy atom. The van der Waals surface area contributed by atoms with Crippen LogP contribution in [0.5, 0.6) is 11.8 Å². The first kappa shape index (κ1) is 13.3. The zero-order chi connectivity index (χ0) is 14.7. The van der Waals surface area contributed by atoms with E-state index in [1.165, 1.54) is 0 Å². The summed E-state index contributed by atoms with van der Waals surface area (Å²) in [5.74, 6) is 0.734. The van der Waals surface area contributed by atoms with E-state index in [2.05, 4.69) is 10.1 Å². The van der Waals surface area contributed by atoms with Gasteiger partial charge in [0.2, 0.25) is 0 Å². The van der Waals surface area contributed by atoms with Crippen LogP contribution >= 0.6 is 0 Å². The number of aromatic nitrogens is 3. The maximum Gasteiger partial charge on any atom is 0.341 e. The average Bonchev–Trinajstić information content (AvgIpc) is 2.99. The van der Waals surface area contributed by atoms with Crippen LogP contribution in [0.25, 0.3) is 5.69 Å². The number of rotatable bonds is 4. The van der Waals surface area contributed by atoms with Gasteiger partial charge in [-0.2, -0.15) is 4.98 Å². The molecule has 0 fully saturated rings. The van der Waals surface area contributed by atoms with Gasteiger partial charge in [-0.1, -0.05) is 30.3 Å². The maximum atomic E-state index is 5.73. The van der Waals surface area contributed by atoms with E-state index >= 15 is 0 Å². The molecular weight excluding hydrogens is 264 g/mol. The van der Waals surface area contributed by atoms with Crippen LogP contribution in [0.15, 0.2) is 54.9 Å². The van der Waals surface area contributed by atoms with Gasteiger partial charge >= 0.3 is 6.01 Å². The lowest BCUT2D eigenvalue weighted by Gasteiger charge is -2.06. The molecular formula is C16H16N4O. The summed E-state index contributed by atoms with van der Waals surface area (Å²) >= 11 is 0. The normalized spacial score (nSPS) is 10.6. The number of nitrogens with two attached hydrogens (primary N) is 1. The quantitative estimate of drug-likeness (QED) is 0.798.